The summed E-state index contributed by atoms with van der Waals surface area (Å²) < 4.78 is 25.2. The molecule has 0 saturated heterocycles. The van der Waals surface area contributed by atoms with Crippen molar-refractivity contribution >= 4 is 51.0 Å². The number of benzene rings is 2. The summed E-state index contributed by atoms with van der Waals surface area (Å²) in [5.74, 6) is -0.598. The standard InChI is InChI=1S/C19H21Cl2N3O3S/c1-12-5-6-15(14(3)13(12)2)10-22-23-19(25)11-24(28(4,26)27)18-8-16(20)7-17(21)9-18/h5-10H,11H2,1-4H3,(H,23,25)/b22-10-. The summed E-state index contributed by atoms with van der Waals surface area (Å²) in [6.45, 7) is 5.55. The Hall–Kier alpha value is -2.09. The number of nitrogens with zero attached hydrogens (tertiary/aromatic N) is 2. The van der Waals surface area contributed by atoms with E-state index in [1.807, 2.05) is 32.9 Å². The Morgan fingerprint density at radius 3 is 2.29 bits per heavy atom. The van der Waals surface area contributed by atoms with Gasteiger partial charge in [0.15, 0.2) is 0 Å². The fourth-order valence-corrected chi connectivity index (χ4v) is 3.89. The van der Waals surface area contributed by atoms with Gasteiger partial charge in [-0.25, -0.2) is 13.8 Å². The molecule has 0 spiro atoms. The lowest BCUT2D eigenvalue weighted by molar-refractivity contribution is -0.119. The molecule has 6 nitrogen and oxygen atoms in total. The first-order valence-electron chi connectivity index (χ1n) is 8.31. The van der Waals surface area contributed by atoms with Crippen molar-refractivity contribution in [3.05, 3.63) is 62.6 Å². The van der Waals surface area contributed by atoms with Crippen LogP contribution in [0.1, 0.15) is 22.3 Å². The van der Waals surface area contributed by atoms with Crippen LogP contribution in [-0.4, -0.2) is 33.3 Å². The molecule has 9 heteroatoms. The number of anilines is 1. The number of carbonyl (C=O) groups is 1. The van der Waals surface area contributed by atoms with Crippen molar-refractivity contribution in [2.45, 2.75) is 20.8 Å². The molecule has 0 unspecified atom stereocenters. The van der Waals surface area contributed by atoms with Crippen LogP contribution in [0.4, 0.5) is 5.69 Å². The van der Waals surface area contributed by atoms with E-state index in [9.17, 15) is 13.2 Å². The maximum absolute atomic E-state index is 12.2. The maximum Gasteiger partial charge on any atom is 0.260 e. The number of carbonyl (C=O) groups excluding carboxylic acids is 1. The van der Waals surface area contributed by atoms with Crippen molar-refractivity contribution in [2.24, 2.45) is 5.10 Å². The second-order valence-corrected chi connectivity index (χ2v) is 9.19. The Bertz CT molecular complexity index is 1020. The van der Waals surface area contributed by atoms with Gasteiger partial charge in [0.2, 0.25) is 10.0 Å². The highest BCUT2D eigenvalue weighted by Crippen LogP contribution is 2.26. The maximum atomic E-state index is 12.2. The molecular weight excluding hydrogens is 421 g/mol. The Morgan fingerprint density at radius 2 is 1.71 bits per heavy atom. The number of rotatable bonds is 6. The van der Waals surface area contributed by atoms with Gasteiger partial charge in [-0.1, -0.05) is 35.3 Å². The third-order valence-corrected chi connectivity index (χ3v) is 5.89. The van der Waals surface area contributed by atoms with E-state index >= 15 is 0 Å². The van der Waals surface area contributed by atoms with Gasteiger partial charge in [-0.3, -0.25) is 9.10 Å². The van der Waals surface area contributed by atoms with Crippen molar-refractivity contribution in [3.8, 4) is 0 Å². The van der Waals surface area contributed by atoms with Crippen molar-refractivity contribution < 1.29 is 13.2 Å². The molecule has 0 aliphatic carbocycles. The van der Waals surface area contributed by atoms with Gasteiger partial charge in [0, 0.05) is 10.0 Å². The lowest BCUT2D eigenvalue weighted by atomic mass is 10.00. The SMILES string of the molecule is Cc1ccc(/C=N\NC(=O)CN(c2cc(Cl)cc(Cl)c2)S(C)(=O)=O)c(C)c1C. The van der Waals surface area contributed by atoms with Gasteiger partial charge in [-0.2, -0.15) is 5.10 Å². The molecule has 2 aromatic carbocycles. The highest BCUT2D eigenvalue weighted by atomic mass is 35.5. The monoisotopic (exact) mass is 441 g/mol. The number of halogens is 2. The normalized spacial score (nSPS) is 11.6. The molecule has 0 aliphatic rings. The van der Waals surface area contributed by atoms with Gasteiger partial charge in [0.1, 0.15) is 6.54 Å². The number of aryl methyl sites for hydroxylation is 1. The van der Waals surface area contributed by atoms with E-state index < -0.39 is 22.5 Å². The minimum Gasteiger partial charge on any atom is -0.271 e. The lowest BCUT2D eigenvalue weighted by Gasteiger charge is -2.21. The summed E-state index contributed by atoms with van der Waals surface area (Å²) in [7, 11) is -3.74. The fraction of sp³-hybridized carbons (Fsp3) is 0.263. The summed E-state index contributed by atoms with van der Waals surface area (Å²) in [4.78, 5) is 12.2. The first kappa shape index (κ1) is 22.2. The molecule has 0 atom stereocenters. The number of hydrazone groups is 1. The molecule has 0 aliphatic heterocycles. The Kier molecular flexibility index (Phi) is 7.09. The Labute approximate surface area is 175 Å². The van der Waals surface area contributed by atoms with E-state index in [4.69, 9.17) is 23.2 Å². The third-order valence-electron chi connectivity index (χ3n) is 4.32. The largest absolute Gasteiger partial charge is 0.271 e. The number of nitrogens with one attached hydrogen (secondary N) is 1. The zero-order chi connectivity index (χ0) is 21.1. The summed E-state index contributed by atoms with van der Waals surface area (Å²) in [6.07, 6.45) is 2.53. The fourth-order valence-electron chi connectivity index (χ4n) is 2.54. The van der Waals surface area contributed by atoms with Gasteiger partial charge < -0.3 is 0 Å². The van der Waals surface area contributed by atoms with Gasteiger partial charge in [0.25, 0.3) is 5.91 Å². The third kappa shape index (κ3) is 5.70. The van der Waals surface area contributed by atoms with Crippen LogP contribution in [0.2, 0.25) is 10.0 Å². The van der Waals surface area contributed by atoms with E-state index in [0.29, 0.717) is 0 Å². The Morgan fingerprint density at radius 1 is 1.11 bits per heavy atom. The van der Waals surface area contributed by atoms with Gasteiger partial charge in [-0.15, -0.1) is 0 Å². The van der Waals surface area contributed by atoms with Crippen molar-refractivity contribution in [1.82, 2.24) is 5.43 Å². The summed E-state index contributed by atoms with van der Waals surface area (Å²) in [6, 6.07) is 8.19. The van der Waals surface area contributed by atoms with Crippen molar-refractivity contribution in [3.63, 3.8) is 0 Å². The van der Waals surface area contributed by atoms with Crippen LogP contribution in [0, 0.1) is 20.8 Å². The highest BCUT2D eigenvalue weighted by Gasteiger charge is 2.21. The van der Waals surface area contributed by atoms with E-state index in [2.05, 4.69) is 10.5 Å². The van der Waals surface area contributed by atoms with Gasteiger partial charge in [-0.05, 0) is 61.2 Å². The molecule has 150 valence electrons. The van der Waals surface area contributed by atoms with Crippen LogP contribution >= 0.6 is 23.2 Å². The number of sulfonamides is 1. The molecule has 0 radical (unpaired) electrons. The van der Waals surface area contributed by atoms with Crippen molar-refractivity contribution in [1.29, 1.82) is 0 Å². The lowest BCUT2D eigenvalue weighted by Crippen LogP contribution is -2.39. The minimum absolute atomic E-state index is 0.198. The first-order valence-corrected chi connectivity index (χ1v) is 10.9. The van der Waals surface area contributed by atoms with Crippen LogP contribution in [-0.2, 0) is 14.8 Å². The smallest absolute Gasteiger partial charge is 0.260 e. The molecule has 2 aromatic rings. The topological polar surface area (TPSA) is 78.8 Å². The average Bonchev–Trinajstić information content (AvgIpc) is 2.58. The molecule has 0 aromatic heterocycles. The molecule has 0 fully saturated rings. The van der Waals surface area contributed by atoms with Crippen LogP contribution in [0.25, 0.3) is 0 Å². The summed E-state index contributed by atoms with van der Waals surface area (Å²) >= 11 is 11.9. The molecular formula is C19H21Cl2N3O3S. The molecule has 2 rings (SSSR count). The van der Waals surface area contributed by atoms with Gasteiger partial charge in [0.05, 0.1) is 18.2 Å². The highest BCUT2D eigenvalue weighted by molar-refractivity contribution is 7.92. The summed E-state index contributed by atoms with van der Waals surface area (Å²) in [5, 5.41) is 4.47. The van der Waals surface area contributed by atoms with E-state index in [0.717, 1.165) is 27.3 Å². The predicted molar refractivity (Wildman–Crippen MR) is 115 cm³/mol. The second kappa shape index (κ2) is 8.94. The first-order chi connectivity index (χ1) is 13.0. The second-order valence-electron chi connectivity index (χ2n) is 6.41. The van der Waals surface area contributed by atoms with Crippen LogP contribution in [0.3, 0.4) is 0 Å². The summed E-state index contributed by atoms with van der Waals surface area (Å²) in [5.41, 5.74) is 6.79. The molecule has 0 bridgehead atoms. The van der Waals surface area contributed by atoms with Crippen molar-refractivity contribution in [2.75, 3.05) is 17.1 Å². The van der Waals surface area contributed by atoms with Crippen LogP contribution in [0.15, 0.2) is 35.4 Å². The Balaban J connectivity index is 2.16. The minimum atomic E-state index is -3.74. The molecule has 1 N–H and O–H groups in total. The van der Waals surface area contributed by atoms with E-state index in [1.165, 1.54) is 30.0 Å². The predicted octanol–water partition coefficient (Wildman–Crippen LogP) is 3.83. The zero-order valence-corrected chi connectivity index (χ0v) is 18.3. The van der Waals surface area contributed by atoms with Crippen LogP contribution < -0.4 is 9.73 Å². The molecule has 1 amide bonds. The molecule has 0 saturated carbocycles. The average molecular weight is 442 g/mol. The quantitative estimate of drug-likeness (QED) is 0.546. The van der Waals surface area contributed by atoms with Crippen LogP contribution in [0.5, 0.6) is 0 Å². The number of hydrogen-bond acceptors (Lipinski definition) is 4. The number of amides is 1. The van der Waals surface area contributed by atoms with Gasteiger partial charge >= 0.3 is 0 Å². The van der Waals surface area contributed by atoms with E-state index in [-0.39, 0.29) is 15.7 Å². The number of hydrogen-bond donors (Lipinski definition) is 1. The molecule has 0 heterocycles. The van der Waals surface area contributed by atoms with E-state index in [1.54, 1.807) is 0 Å². The zero-order valence-electron chi connectivity index (χ0n) is 16.0. The molecule has 28 heavy (non-hydrogen) atoms.